The largest absolute Gasteiger partial charge is 0.361 e. The number of hydrogen-bond donors (Lipinski definition) is 0. The highest BCUT2D eigenvalue weighted by atomic mass is 16.5. The van der Waals surface area contributed by atoms with Gasteiger partial charge in [-0.3, -0.25) is 9.78 Å². The molecule has 0 spiro atoms. The summed E-state index contributed by atoms with van der Waals surface area (Å²) in [4.78, 5) is 24.9. The molecule has 1 amide bonds. The lowest BCUT2D eigenvalue weighted by Gasteiger charge is -2.19. The summed E-state index contributed by atoms with van der Waals surface area (Å²) in [5.41, 5.74) is 2.30. The van der Waals surface area contributed by atoms with Crippen molar-refractivity contribution in [1.29, 1.82) is 0 Å². The average Bonchev–Trinajstić information content (AvgIpc) is 3.20. The fourth-order valence-corrected chi connectivity index (χ4v) is 2.77. The highest BCUT2D eigenvalue weighted by Crippen LogP contribution is 2.18. The molecular weight excluding hydrogens is 294 g/mol. The number of carbonyl (C=O) groups is 1. The molecule has 23 heavy (non-hydrogen) atoms. The van der Waals surface area contributed by atoms with Gasteiger partial charge in [-0.1, -0.05) is 5.16 Å². The molecule has 0 aromatic carbocycles. The molecule has 7 nitrogen and oxygen atoms in total. The van der Waals surface area contributed by atoms with E-state index in [1.165, 1.54) is 6.20 Å². The Morgan fingerprint density at radius 2 is 2.04 bits per heavy atom. The average molecular weight is 315 g/mol. The van der Waals surface area contributed by atoms with Gasteiger partial charge in [0.05, 0.1) is 18.1 Å². The molecule has 2 aromatic rings. The summed E-state index contributed by atoms with van der Waals surface area (Å²) in [5.74, 6) is 1.42. The maximum absolute atomic E-state index is 12.4. The van der Waals surface area contributed by atoms with Crippen LogP contribution in [-0.4, -0.2) is 46.1 Å². The number of hydrogen-bond acceptors (Lipinski definition) is 6. The van der Waals surface area contributed by atoms with Crippen LogP contribution < -0.4 is 4.90 Å². The summed E-state index contributed by atoms with van der Waals surface area (Å²) < 4.78 is 5.19. The lowest BCUT2D eigenvalue weighted by atomic mass is 10.2. The van der Waals surface area contributed by atoms with E-state index in [0.29, 0.717) is 18.1 Å². The molecule has 0 atom stereocenters. The Hall–Kier alpha value is -2.44. The molecule has 0 bridgehead atoms. The number of nitrogens with zero attached hydrogens (tertiary/aromatic N) is 5. The van der Waals surface area contributed by atoms with Gasteiger partial charge in [-0.15, -0.1) is 0 Å². The van der Waals surface area contributed by atoms with E-state index in [2.05, 4.69) is 15.1 Å². The molecular formula is C16H21N5O2. The summed E-state index contributed by atoms with van der Waals surface area (Å²) in [6.45, 7) is 6.03. The van der Waals surface area contributed by atoms with Crippen molar-refractivity contribution in [1.82, 2.24) is 20.0 Å². The number of amides is 1. The molecule has 3 heterocycles. The summed E-state index contributed by atoms with van der Waals surface area (Å²) in [6.07, 6.45) is 5.32. The van der Waals surface area contributed by atoms with Crippen LogP contribution in [0.5, 0.6) is 0 Å². The summed E-state index contributed by atoms with van der Waals surface area (Å²) in [6, 6.07) is 0. The minimum Gasteiger partial charge on any atom is -0.361 e. The Morgan fingerprint density at radius 1 is 1.30 bits per heavy atom. The van der Waals surface area contributed by atoms with Gasteiger partial charge in [0.2, 0.25) is 0 Å². The van der Waals surface area contributed by atoms with Crippen molar-refractivity contribution >= 4 is 11.7 Å². The van der Waals surface area contributed by atoms with Crippen LogP contribution in [-0.2, 0) is 6.54 Å². The monoisotopic (exact) mass is 315 g/mol. The lowest BCUT2D eigenvalue weighted by molar-refractivity contribution is 0.0786. The van der Waals surface area contributed by atoms with Gasteiger partial charge >= 0.3 is 0 Å². The number of aryl methyl sites for hydroxylation is 2. The number of anilines is 1. The highest BCUT2D eigenvalue weighted by molar-refractivity contribution is 5.92. The van der Waals surface area contributed by atoms with E-state index >= 15 is 0 Å². The number of likely N-dealkylation sites (tertiary alicyclic amines) is 1. The predicted molar refractivity (Wildman–Crippen MR) is 85.3 cm³/mol. The Balaban J connectivity index is 1.77. The summed E-state index contributed by atoms with van der Waals surface area (Å²) in [5, 5.41) is 3.96. The van der Waals surface area contributed by atoms with E-state index in [1.54, 1.807) is 6.20 Å². The van der Waals surface area contributed by atoms with Gasteiger partial charge in [-0.25, -0.2) is 4.98 Å². The van der Waals surface area contributed by atoms with Crippen LogP contribution in [0.1, 0.15) is 40.3 Å². The van der Waals surface area contributed by atoms with Crippen molar-refractivity contribution < 1.29 is 9.32 Å². The maximum atomic E-state index is 12.4. The third kappa shape index (κ3) is 3.18. The van der Waals surface area contributed by atoms with Crippen LogP contribution in [0.3, 0.4) is 0 Å². The molecule has 122 valence electrons. The van der Waals surface area contributed by atoms with Crippen LogP contribution in [0.15, 0.2) is 16.9 Å². The maximum Gasteiger partial charge on any atom is 0.274 e. The Labute approximate surface area is 135 Å². The fourth-order valence-electron chi connectivity index (χ4n) is 2.77. The van der Waals surface area contributed by atoms with Crippen molar-refractivity contribution in [2.75, 3.05) is 25.0 Å². The highest BCUT2D eigenvalue weighted by Gasteiger charge is 2.21. The minimum absolute atomic E-state index is 0.0393. The number of rotatable bonds is 4. The van der Waals surface area contributed by atoms with E-state index in [1.807, 2.05) is 30.7 Å². The summed E-state index contributed by atoms with van der Waals surface area (Å²) >= 11 is 0. The van der Waals surface area contributed by atoms with Gasteiger partial charge in [0.25, 0.3) is 5.91 Å². The van der Waals surface area contributed by atoms with E-state index in [9.17, 15) is 4.79 Å². The SMILES string of the molecule is Cc1noc(C)c1CN(C)c1cncc(C(=O)N2CCCC2)n1. The van der Waals surface area contributed by atoms with E-state index in [0.717, 1.165) is 42.9 Å². The molecule has 1 saturated heterocycles. The smallest absolute Gasteiger partial charge is 0.274 e. The second-order valence-electron chi connectivity index (χ2n) is 5.92. The van der Waals surface area contributed by atoms with Gasteiger partial charge < -0.3 is 14.3 Å². The van der Waals surface area contributed by atoms with Crippen molar-refractivity contribution in [2.24, 2.45) is 0 Å². The first-order chi connectivity index (χ1) is 11.1. The zero-order valence-corrected chi connectivity index (χ0v) is 13.7. The molecule has 0 aliphatic carbocycles. The molecule has 1 fully saturated rings. The molecule has 7 heteroatoms. The van der Waals surface area contributed by atoms with Gasteiger partial charge in [-0.2, -0.15) is 0 Å². The molecule has 1 aliphatic rings. The molecule has 1 aliphatic heterocycles. The van der Waals surface area contributed by atoms with Crippen LogP contribution >= 0.6 is 0 Å². The number of carbonyl (C=O) groups excluding carboxylic acids is 1. The molecule has 0 radical (unpaired) electrons. The van der Waals surface area contributed by atoms with E-state index in [-0.39, 0.29) is 5.91 Å². The van der Waals surface area contributed by atoms with Gasteiger partial charge in [0.1, 0.15) is 17.3 Å². The molecule has 3 rings (SSSR count). The first-order valence-corrected chi connectivity index (χ1v) is 7.80. The van der Waals surface area contributed by atoms with Gasteiger partial charge in [-0.05, 0) is 26.7 Å². The lowest BCUT2D eigenvalue weighted by Crippen LogP contribution is -2.29. The van der Waals surface area contributed by atoms with Crippen LogP contribution in [0.4, 0.5) is 5.82 Å². The van der Waals surface area contributed by atoms with Crippen LogP contribution in [0, 0.1) is 13.8 Å². The fraction of sp³-hybridized carbons (Fsp3) is 0.500. The minimum atomic E-state index is -0.0393. The topological polar surface area (TPSA) is 75.4 Å². The third-order valence-corrected chi connectivity index (χ3v) is 4.20. The van der Waals surface area contributed by atoms with Gasteiger partial charge in [0, 0.05) is 32.2 Å². The van der Waals surface area contributed by atoms with Crippen molar-refractivity contribution in [2.45, 2.75) is 33.2 Å². The molecule has 2 aromatic heterocycles. The Morgan fingerprint density at radius 3 is 2.70 bits per heavy atom. The quantitative estimate of drug-likeness (QED) is 0.858. The first-order valence-electron chi connectivity index (χ1n) is 7.80. The van der Waals surface area contributed by atoms with E-state index < -0.39 is 0 Å². The second kappa shape index (κ2) is 6.36. The zero-order valence-electron chi connectivity index (χ0n) is 13.7. The zero-order chi connectivity index (χ0) is 16.4. The molecule has 0 unspecified atom stereocenters. The Bertz CT molecular complexity index is 687. The molecule has 0 N–H and O–H groups in total. The van der Waals surface area contributed by atoms with Gasteiger partial charge in [0.15, 0.2) is 0 Å². The first kappa shape index (κ1) is 15.5. The van der Waals surface area contributed by atoms with Crippen molar-refractivity contribution in [3.05, 3.63) is 35.1 Å². The predicted octanol–water partition coefficient (Wildman–Crippen LogP) is 1.95. The number of aromatic nitrogens is 3. The normalized spacial score (nSPS) is 14.3. The van der Waals surface area contributed by atoms with E-state index in [4.69, 9.17) is 4.52 Å². The Kier molecular flexibility index (Phi) is 4.27. The van der Waals surface area contributed by atoms with Crippen LogP contribution in [0.25, 0.3) is 0 Å². The standard InChI is InChI=1S/C16H21N5O2/c1-11-13(12(2)23-19-11)10-20(3)15-9-17-8-14(18-15)16(22)21-6-4-5-7-21/h8-9H,4-7,10H2,1-3H3. The van der Waals surface area contributed by atoms with Crippen molar-refractivity contribution in [3.63, 3.8) is 0 Å². The summed E-state index contributed by atoms with van der Waals surface area (Å²) in [7, 11) is 1.92. The van der Waals surface area contributed by atoms with Crippen LogP contribution in [0.2, 0.25) is 0 Å². The molecule has 0 saturated carbocycles. The third-order valence-electron chi connectivity index (χ3n) is 4.20. The second-order valence-corrected chi connectivity index (χ2v) is 5.92. The van der Waals surface area contributed by atoms with Crippen molar-refractivity contribution in [3.8, 4) is 0 Å².